The molecule has 1 fully saturated rings. The third-order valence-corrected chi connectivity index (χ3v) is 4.23. The van der Waals surface area contributed by atoms with E-state index in [1.807, 2.05) is 26.1 Å². The maximum Gasteiger partial charge on any atom is 0.225 e. The average molecular weight is 302 g/mol. The van der Waals surface area contributed by atoms with Crippen LogP contribution in [0.1, 0.15) is 29.6 Å². The van der Waals surface area contributed by atoms with Crippen molar-refractivity contribution in [2.45, 2.75) is 39.7 Å². The van der Waals surface area contributed by atoms with E-state index >= 15 is 0 Å². The van der Waals surface area contributed by atoms with Gasteiger partial charge in [-0.05, 0) is 25.8 Å². The summed E-state index contributed by atoms with van der Waals surface area (Å²) in [5.74, 6) is 1.64. The molecule has 2 aromatic rings. The van der Waals surface area contributed by atoms with Gasteiger partial charge in [0.25, 0.3) is 0 Å². The van der Waals surface area contributed by atoms with Gasteiger partial charge >= 0.3 is 0 Å². The van der Waals surface area contributed by atoms with E-state index in [0.717, 1.165) is 35.7 Å². The summed E-state index contributed by atoms with van der Waals surface area (Å²) < 4.78 is 5.26. The Kier molecular flexibility index (Phi) is 4.11. The van der Waals surface area contributed by atoms with Crippen LogP contribution in [0.3, 0.4) is 0 Å². The second kappa shape index (κ2) is 6.04. The molecule has 3 heterocycles. The standard InChI is InChI=1S/C16H22N4O2/c1-4-14-10(2)7-17-16(18-14)20-8-12(15(21)9-20)6-13-5-11(3)19-22-13/h5,7,12,15,21H,4,6,8-9H2,1-3H3/t12-,15-/m1/s1. The molecular weight excluding hydrogens is 280 g/mol. The molecule has 0 unspecified atom stereocenters. The van der Waals surface area contributed by atoms with Crippen LogP contribution < -0.4 is 4.90 Å². The predicted octanol–water partition coefficient (Wildman–Crippen LogP) is 1.68. The van der Waals surface area contributed by atoms with Crippen molar-refractivity contribution in [2.24, 2.45) is 5.92 Å². The molecule has 0 amide bonds. The number of aryl methyl sites for hydroxylation is 3. The van der Waals surface area contributed by atoms with E-state index in [0.29, 0.717) is 18.9 Å². The fourth-order valence-corrected chi connectivity index (χ4v) is 2.97. The van der Waals surface area contributed by atoms with E-state index in [1.165, 1.54) is 0 Å². The molecule has 6 heteroatoms. The fourth-order valence-electron chi connectivity index (χ4n) is 2.97. The minimum Gasteiger partial charge on any atom is -0.391 e. The molecule has 1 aliphatic rings. The van der Waals surface area contributed by atoms with Gasteiger partial charge in [-0.2, -0.15) is 0 Å². The molecule has 0 aromatic carbocycles. The minimum atomic E-state index is -0.402. The second-order valence-corrected chi connectivity index (χ2v) is 6.02. The highest BCUT2D eigenvalue weighted by Crippen LogP contribution is 2.25. The molecule has 3 rings (SSSR count). The minimum absolute atomic E-state index is 0.113. The van der Waals surface area contributed by atoms with Gasteiger partial charge in [0, 0.05) is 43.4 Å². The largest absolute Gasteiger partial charge is 0.391 e. The molecule has 1 saturated heterocycles. The lowest BCUT2D eigenvalue weighted by molar-refractivity contribution is 0.143. The van der Waals surface area contributed by atoms with E-state index in [2.05, 4.69) is 26.9 Å². The summed E-state index contributed by atoms with van der Waals surface area (Å²) in [6.45, 7) is 7.30. The molecule has 0 spiro atoms. The lowest BCUT2D eigenvalue weighted by Crippen LogP contribution is -2.23. The van der Waals surface area contributed by atoms with Crippen molar-refractivity contribution < 1.29 is 9.63 Å². The SMILES string of the molecule is CCc1nc(N2C[C@@H](Cc3cc(C)no3)[C@H](O)C2)ncc1C. The monoisotopic (exact) mass is 302 g/mol. The normalized spacial score (nSPS) is 21.5. The van der Waals surface area contributed by atoms with Crippen LogP contribution in [0.4, 0.5) is 5.95 Å². The molecule has 1 N–H and O–H groups in total. The highest BCUT2D eigenvalue weighted by molar-refractivity contribution is 5.35. The van der Waals surface area contributed by atoms with Gasteiger partial charge in [-0.1, -0.05) is 12.1 Å². The summed E-state index contributed by atoms with van der Waals surface area (Å²) in [5, 5.41) is 14.2. The number of aliphatic hydroxyl groups excluding tert-OH is 1. The molecule has 0 aliphatic carbocycles. The van der Waals surface area contributed by atoms with Crippen molar-refractivity contribution in [1.82, 2.24) is 15.1 Å². The molecule has 6 nitrogen and oxygen atoms in total. The van der Waals surface area contributed by atoms with Crippen LogP contribution in [0.25, 0.3) is 0 Å². The van der Waals surface area contributed by atoms with Crippen LogP contribution in [-0.4, -0.2) is 39.4 Å². The molecular formula is C16H22N4O2. The van der Waals surface area contributed by atoms with Crippen molar-refractivity contribution in [2.75, 3.05) is 18.0 Å². The van der Waals surface area contributed by atoms with Gasteiger partial charge in [0.2, 0.25) is 5.95 Å². The van der Waals surface area contributed by atoms with Crippen molar-refractivity contribution in [3.8, 4) is 0 Å². The lowest BCUT2D eigenvalue weighted by atomic mass is 10.0. The number of nitrogens with zero attached hydrogens (tertiary/aromatic N) is 4. The topological polar surface area (TPSA) is 75.3 Å². The van der Waals surface area contributed by atoms with Crippen LogP contribution in [0.2, 0.25) is 0 Å². The Labute approximate surface area is 130 Å². The molecule has 118 valence electrons. The first-order valence-electron chi connectivity index (χ1n) is 7.74. The molecule has 2 aromatic heterocycles. The second-order valence-electron chi connectivity index (χ2n) is 6.02. The maximum atomic E-state index is 10.3. The molecule has 22 heavy (non-hydrogen) atoms. The first-order valence-corrected chi connectivity index (χ1v) is 7.74. The molecule has 0 radical (unpaired) electrons. The zero-order valence-electron chi connectivity index (χ0n) is 13.3. The van der Waals surface area contributed by atoms with Crippen molar-refractivity contribution in [3.63, 3.8) is 0 Å². The van der Waals surface area contributed by atoms with E-state index in [9.17, 15) is 5.11 Å². The zero-order chi connectivity index (χ0) is 15.7. The predicted molar refractivity (Wildman–Crippen MR) is 82.8 cm³/mol. The van der Waals surface area contributed by atoms with E-state index in [4.69, 9.17) is 4.52 Å². The Morgan fingerprint density at radius 3 is 2.86 bits per heavy atom. The van der Waals surface area contributed by atoms with Crippen LogP contribution >= 0.6 is 0 Å². The first kappa shape index (κ1) is 15.0. The van der Waals surface area contributed by atoms with Gasteiger partial charge in [-0.25, -0.2) is 9.97 Å². The Morgan fingerprint density at radius 1 is 1.36 bits per heavy atom. The molecule has 2 atom stereocenters. The lowest BCUT2D eigenvalue weighted by Gasteiger charge is -2.16. The first-order chi connectivity index (χ1) is 10.6. The Hall–Kier alpha value is -1.95. The fraction of sp³-hybridized carbons (Fsp3) is 0.562. The maximum absolute atomic E-state index is 10.3. The average Bonchev–Trinajstić information content (AvgIpc) is 3.06. The molecule has 0 saturated carbocycles. The summed E-state index contributed by atoms with van der Waals surface area (Å²) in [6, 6.07) is 1.92. The van der Waals surface area contributed by atoms with Crippen molar-refractivity contribution in [1.29, 1.82) is 0 Å². The van der Waals surface area contributed by atoms with Crippen LogP contribution in [0.15, 0.2) is 16.8 Å². The number of aliphatic hydroxyl groups is 1. The number of hydrogen-bond donors (Lipinski definition) is 1. The number of β-amino-alcohol motifs (C(OH)–C–C–N with tert-alkyl or cyclic N) is 1. The third kappa shape index (κ3) is 2.97. The van der Waals surface area contributed by atoms with Gasteiger partial charge in [0.15, 0.2) is 0 Å². The summed E-state index contributed by atoms with van der Waals surface area (Å²) in [7, 11) is 0. The van der Waals surface area contributed by atoms with Gasteiger partial charge in [0.05, 0.1) is 11.8 Å². The zero-order valence-corrected chi connectivity index (χ0v) is 13.3. The van der Waals surface area contributed by atoms with Gasteiger partial charge in [-0.15, -0.1) is 0 Å². The van der Waals surface area contributed by atoms with E-state index in [1.54, 1.807) is 0 Å². The van der Waals surface area contributed by atoms with Gasteiger partial charge < -0.3 is 14.5 Å². The Morgan fingerprint density at radius 2 is 2.18 bits per heavy atom. The Bertz CT molecular complexity index is 655. The quantitative estimate of drug-likeness (QED) is 0.926. The van der Waals surface area contributed by atoms with Crippen molar-refractivity contribution >= 4 is 5.95 Å². The smallest absolute Gasteiger partial charge is 0.225 e. The highest BCUT2D eigenvalue weighted by atomic mass is 16.5. The summed E-state index contributed by atoms with van der Waals surface area (Å²) >= 11 is 0. The number of hydrogen-bond acceptors (Lipinski definition) is 6. The highest BCUT2D eigenvalue weighted by Gasteiger charge is 2.33. The Balaban J connectivity index is 1.72. The summed E-state index contributed by atoms with van der Waals surface area (Å²) in [4.78, 5) is 11.1. The third-order valence-electron chi connectivity index (χ3n) is 4.23. The van der Waals surface area contributed by atoms with Crippen molar-refractivity contribution in [3.05, 3.63) is 35.0 Å². The number of aromatic nitrogens is 3. The van der Waals surface area contributed by atoms with E-state index < -0.39 is 6.10 Å². The van der Waals surface area contributed by atoms with Gasteiger partial charge in [0.1, 0.15) is 5.76 Å². The summed E-state index contributed by atoms with van der Waals surface area (Å²) in [6.07, 6.45) is 3.03. The molecule has 0 bridgehead atoms. The number of rotatable bonds is 4. The van der Waals surface area contributed by atoms with Gasteiger partial charge in [-0.3, -0.25) is 0 Å². The van der Waals surface area contributed by atoms with Crippen LogP contribution in [-0.2, 0) is 12.8 Å². The van der Waals surface area contributed by atoms with E-state index in [-0.39, 0.29) is 5.92 Å². The van der Waals surface area contributed by atoms with Crippen LogP contribution in [0.5, 0.6) is 0 Å². The molecule has 1 aliphatic heterocycles. The number of anilines is 1. The van der Waals surface area contributed by atoms with Crippen LogP contribution in [0, 0.1) is 19.8 Å². The summed E-state index contributed by atoms with van der Waals surface area (Å²) in [5.41, 5.74) is 3.04.